The molecule has 2 aromatic carbocycles. The van der Waals surface area contributed by atoms with Gasteiger partial charge in [-0.2, -0.15) is 0 Å². The zero-order chi connectivity index (χ0) is 20.0. The number of ether oxygens (including phenoxy) is 3. The third-order valence-corrected chi connectivity index (χ3v) is 4.58. The second kappa shape index (κ2) is 9.58. The predicted molar refractivity (Wildman–Crippen MR) is 106 cm³/mol. The van der Waals surface area contributed by atoms with Crippen molar-refractivity contribution in [3.05, 3.63) is 51.5 Å². The second-order valence-corrected chi connectivity index (χ2v) is 6.57. The zero-order valence-corrected chi connectivity index (χ0v) is 17.1. The van der Waals surface area contributed by atoms with Crippen molar-refractivity contribution < 1.29 is 19.0 Å². The fourth-order valence-corrected chi connectivity index (χ4v) is 3.17. The summed E-state index contributed by atoms with van der Waals surface area (Å²) in [7, 11) is 4.65. The Morgan fingerprint density at radius 2 is 1.67 bits per heavy atom. The van der Waals surface area contributed by atoms with E-state index in [0.717, 1.165) is 5.56 Å². The summed E-state index contributed by atoms with van der Waals surface area (Å²) in [6, 6.07) is 7.96. The quantitative estimate of drug-likeness (QED) is 0.697. The average Bonchev–Trinajstić information content (AvgIpc) is 2.65. The first kappa shape index (κ1) is 21.0. The molecule has 27 heavy (non-hydrogen) atoms. The summed E-state index contributed by atoms with van der Waals surface area (Å²) in [6.07, 6.45) is 0. The van der Waals surface area contributed by atoms with E-state index in [1.807, 2.05) is 6.92 Å². The van der Waals surface area contributed by atoms with E-state index in [1.165, 1.54) is 0 Å². The van der Waals surface area contributed by atoms with Gasteiger partial charge in [0.2, 0.25) is 0 Å². The Morgan fingerprint density at radius 1 is 1.04 bits per heavy atom. The molecule has 1 atom stereocenters. The Balaban J connectivity index is 2.07. The minimum absolute atomic E-state index is 0.212. The summed E-state index contributed by atoms with van der Waals surface area (Å²) in [6.45, 7) is 2.05. The van der Waals surface area contributed by atoms with Crippen molar-refractivity contribution in [2.75, 3.05) is 21.3 Å². The lowest BCUT2D eigenvalue weighted by Crippen LogP contribution is -2.36. The van der Waals surface area contributed by atoms with E-state index in [1.54, 1.807) is 51.7 Å². The molecule has 2 aromatic rings. The van der Waals surface area contributed by atoms with Gasteiger partial charge in [-0.1, -0.05) is 29.3 Å². The number of carbonyl (C=O) groups is 1. The number of carbonyl (C=O) groups excluding carboxylic acids is 1. The first-order valence-electron chi connectivity index (χ1n) is 8.17. The Labute approximate surface area is 168 Å². The van der Waals surface area contributed by atoms with Crippen molar-refractivity contribution in [2.24, 2.45) is 0 Å². The number of methoxy groups -OCH3 is 3. The van der Waals surface area contributed by atoms with Crippen LogP contribution in [0.3, 0.4) is 0 Å². The van der Waals surface area contributed by atoms with E-state index in [0.29, 0.717) is 32.9 Å². The smallest absolute Gasteiger partial charge is 0.315 e. The lowest BCUT2D eigenvalue weighted by atomic mass is 10.1. The maximum atomic E-state index is 12.3. The van der Waals surface area contributed by atoms with Gasteiger partial charge in [0, 0.05) is 22.2 Å². The molecule has 0 heterocycles. The Morgan fingerprint density at radius 3 is 2.19 bits per heavy atom. The largest absolute Gasteiger partial charge is 0.496 e. The van der Waals surface area contributed by atoms with Crippen molar-refractivity contribution in [1.29, 1.82) is 0 Å². The number of benzene rings is 2. The topological polar surface area (TPSA) is 68.8 Å². The molecule has 0 radical (unpaired) electrons. The number of hydrogen-bond acceptors (Lipinski definition) is 4. The van der Waals surface area contributed by atoms with Crippen LogP contribution in [-0.2, 0) is 6.54 Å². The third kappa shape index (κ3) is 5.34. The summed E-state index contributed by atoms with van der Waals surface area (Å²) in [5.41, 5.74) is 1.48. The van der Waals surface area contributed by atoms with Crippen LogP contribution < -0.4 is 24.8 Å². The number of nitrogens with one attached hydrogen (secondary N) is 2. The van der Waals surface area contributed by atoms with Crippen LogP contribution in [-0.4, -0.2) is 27.4 Å². The Hall–Kier alpha value is -2.31. The van der Waals surface area contributed by atoms with Crippen molar-refractivity contribution in [1.82, 2.24) is 10.6 Å². The van der Waals surface area contributed by atoms with Gasteiger partial charge >= 0.3 is 6.03 Å². The van der Waals surface area contributed by atoms with Crippen LogP contribution in [0.4, 0.5) is 4.79 Å². The van der Waals surface area contributed by atoms with Crippen LogP contribution in [0.1, 0.15) is 24.1 Å². The Bertz CT molecular complexity index is 789. The molecule has 8 heteroatoms. The molecule has 0 fully saturated rings. The number of rotatable bonds is 7. The predicted octanol–water partition coefficient (Wildman–Crippen LogP) is 4.58. The molecule has 0 aliphatic rings. The molecular formula is C19H22Cl2N2O4. The SMILES string of the molecule is COc1cc(OC)c(CNC(=O)NC(C)c2ccc(Cl)cc2Cl)c(OC)c1. The van der Waals surface area contributed by atoms with E-state index in [4.69, 9.17) is 37.4 Å². The van der Waals surface area contributed by atoms with Crippen LogP contribution in [0.5, 0.6) is 17.2 Å². The van der Waals surface area contributed by atoms with Gasteiger partial charge in [-0.05, 0) is 24.6 Å². The van der Waals surface area contributed by atoms with Gasteiger partial charge in [0.1, 0.15) is 17.2 Å². The molecule has 0 aliphatic carbocycles. The number of amides is 2. The number of halogens is 2. The first-order chi connectivity index (χ1) is 12.9. The van der Waals surface area contributed by atoms with Gasteiger partial charge in [-0.3, -0.25) is 0 Å². The Kier molecular flexibility index (Phi) is 7.45. The second-order valence-electron chi connectivity index (χ2n) is 5.73. The summed E-state index contributed by atoms with van der Waals surface area (Å²) >= 11 is 12.1. The number of hydrogen-bond donors (Lipinski definition) is 2. The molecule has 0 saturated carbocycles. The van der Waals surface area contributed by atoms with E-state index in [9.17, 15) is 4.79 Å². The van der Waals surface area contributed by atoms with Gasteiger partial charge in [-0.15, -0.1) is 0 Å². The highest BCUT2D eigenvalue weighted by Crippen LogP contribution is 2.34. The fourth-order valence-electron chi connectivity index (χ4n) is 2.60. The molecule has 2 rings (SSSR count). The van der Waals surface area contributed by atoms with Crippen LogP contribution in [0, 0.1) is 0 Å². The van der Waals surface area contributed by atoms with Gasteiger partial charge in [0.25, 0.3) is 0 Å². The lowest BCUT2D eigenvalue weighted by molar-refractivity contribution is 0.237. The highest BCUT2D eigenvalue weighted by atomic mass is 35.5. The normalized spacial score (nSPS) is 11.5. The molecule has 0 spiro atoms. The summed E-state index contributed by atoms with van der Waals surface area (Å²) in [5.74, 6) is 1.71. The average molecular weight is 413 g/mol. The summed E-state index contributed by atoms with van der Waals surface area (Å²) in [5, 5.41) is 6.67. The lowest BCUT2D eigenvalue weighted by Gasteiger charge is -2.18. The molecule has 2 amide bonds. The van der Waals surface area contributed by atoms with Gasteiger partial charge in [0.15, 0.2) is 0 Å². The maximum absolute atomic E-state index is 12.3. The van der Waals surface area contributed by atoms with Gasteiger partial charge in [0.05, 0.1) is 39.5 Å². The van der Waals surface area contributed by atoms with E-state index in [2.05, 4.69) is 10.6 Å². The van der Waals surface area contributed by atoms with E-state index < -0.39 is 0 Å². The zero-order valence-electron chi connectivity index (χ0n) is 15.6. The minimum Gasteiger partial charge on any atom is -0.496 e. The van der Waals surface area contributed by atoms with E-state index >= 15 is 0 Å². The van der Waals surface area contributed by atoms with Crippen molar-refractivity contribution in [2.45, 2.75) is 19.5 Å². The molecule has 2 N–H and O–H groups in total. The van der Waals surface area contributed by atoms with E-state index in [-0.39, 0.29) is 18.6 Å². The molecular weight excluding hydrogens is 391 g/mol. The molecule has 0 aromatic heterocycles. The molecule has 0 bridgehead atoms. The van der Waals surface area contributed by atoms with Crippen molar-refractivity contribution in [3.8, 4) is 17.2 Å². The molecule has 146 valence electrons. The van der Waals surface area contributed by atoms with Crippen LogP contribution >= 0.6 is 23.2 Å². The molecule has 0 saturated heterocycles. The minimum atomic E-state index is -0.353. The van der Waals surface area contributed by atoms with Crippen molar-refractivity contribution in [3.63, 3.8) is 0 Å². The summed E-state index contributed by atoms with van der Waals surface area (Å²) < 4.78 is 16.0. The molecule has 6 nitrogen and oxygen atoms in total. The fraction of sp³-hybridized carbons (Fsp3) is 0.316. The van der Waals surface area contributed by atoms with Crippen LogP contribution in [0.25, 0.3) is 0 Å². The first-order valence-corrected chi connectivity index (χ1v) is 8.93. The highest BCUT2D eigenvalue weighted by molar-refractivity contribution is 6.35. The molecule has 1 unspecified atom stereocenters. The number of urea groups is 1. The van der Waals surface area contributed by atoms with Crippen LogP contribution in [0.15, 0.2) is 30.3 Å². The molecule has 0 aliphatic heterocycles. The maximum Gasteiger partial charge on any atom is 0.315 e. The van der Waals surface area contributed by atoms with Gasteiger partial charge in [-0.25, -0.2) is 4.79 Å². The monoisotopic (exact) mass is 412 g/mol. The van der Waals surface area contributed by atoms with Crippen molar-refractivity contribution >= 4 is 29.2 Å². The summed E-state index contributed by atoms with van der Waals surface area (Å²) in [4.78, 5) is 12.3. The highest BCUT2D eigenvalue weighted by Gasteiger charge is 2.16. The van der Waals surface area contributed by atoms with Crippen LogP contribution in [0.2, 0.25) is 10.0 Å². The third-order valence-electron chi connectivity index (χ3n) is 4.02. The van der Waals surface area contributed by atoms with Gasteiger partial charge < -0.3 is 24.8 Å². The standard InChI is InChI=1S/C19H22Cl2N2O4/c1-11(14-6-5-12(20)7-16(14)21)23-19(24)22-10-15-17(26-3)8-13(25-2)9-18(15)27-4/h5-9,11H,10H2,1-4H3,(H2,22,23,24).